The van der Waals surface area contributed by atoms with Crippen LogP contribution in [-0.2, 0) is 16.6 Å². The number of halogens is 3. The molecule has 1 aliphatic heterocycles. The topological polar surface area (TPSA) is 114 Å². The predicted molar refractivity (Wildman–Crippen MR) is 88.1 cm³/mol. The smallest absolute Gasteiger partial charge is 0.422 e. The Balaban J connectivity index is 1.72. The number of hydrogen-bond donors (Lipinski definition) is 2. The molecule has 2 N–H and O–H groups in total. The molecule has 0 spiro atoms. The van der Waals surface area contributed by atoms with Crippen LogP contribution in [0.5, 0.6) is 5.88 Å². The number of nitrogens with zero attached hydrogens (tertiary/aromatic N) is 1. The SMILES string of the molecule is O=C1NC(=O)c2cc(S(=O)(=O)NCc3ccnc(OCC(F)(F)F)c3)ccc21. The number of alkyl halides is 3. The maximum Gasteiger partial charge on any atom is 0.422 e. The van der Waals surface area contributed by atoms with Crippen molar-refractivity contribution in [3.8, 4) is 5.88 Å². The van der Waals surface area contributed by atoms with E-state index in [0.717, 1.165) is 6.07 Å². The number of aromatic nitrogens is 1. The van der Waals surface area contributed by atoms with Crippen LogP contribution < -0.4 is 14.8 Å². The highest BCUT2D eigenvalue weighted by Crippen LogP contribution is 2.21. The molecule has 2 aromatic rings. The quantitative estimate of drug-likeness (QED) is 0.689. The van der Waals surface area contributed by atoms with E-state index in [4.69, 9.17) is 0 Å². The van der Waals surface area contributed by atoms with E-state index in [9.17, 15) is 31.2 Å². The molecule has 0 fully saturated rings. The number of nitrogens with one attached hydrogen (secondary N) is 2. The van der Waals surface area contributed by atoms with E-state index in [2.05, 4.69) is 19.8 Å². The van der Waals surface area contributed by atoms with Crippen LogP contribution in [0.15, 0.2) is 41.4 Å². The summed E-state index contributed by atoms with van der Waals surface area (Å²) in [5, 5.41) is 2.05. The number of rotatable bonds is 6. The fourth-order valence-corrected chi connectivity index (χ4v) is 3.41. The maximum atomic E-state index is 12.4. The summed E-state index contributed by atoms with van der Waals surface area (Å²) >= 11 is 0. The molecule has 2 amide bonds. The fraction of sp³-hybridized carbons (Fsp3) is 0.188. The largest absolute Gasteiger partial charge is 0.468 e. The van der Waals surface area contributed by atoms with Crippen molar-refractivity contribution in [3.63, 3.8) is 0 Å². The number of hydrogen-bond acceptors (Lipinski definition) is 6. The first kappa shape index (κ1) is 19.8. The van der Waals surface area contributed by atoms with E-state index in [1.807, 2.05) is 0 Å². The Kier molecular flexibility index (Phi) is 5.08. The summed E-state index contributed by atoms with van der Waals surface area (Å²) in [6.07, 6.45) is -3.35. The van der Waals surface area contributed by atoms with Gasteiger partial charge in [0.1, 0.15) is 0 Å². The summed E-state index contributed by atoms with van der Waals surface area (Å²) in [6.45, 7) is -1.78. The van der Waals surface area contributed by atoms with Crippen LogP contribution in [0.4, 0.5) is 13.2 Å². The Hall–Kier alpha value is -2.99. The Morgan fingerprint density at radius 1 is 1.07 bits per heavy atom. The number of benzene rings is 1. The molecule has 0 unspecified atom stereocenters. The lowest BCUT2D eigenvalue weighted by atomic mass is 10.1. The van der Waals surface area contributed by atoms with Gasteiger partial charge >= 0.3 is 6.18 Å². The number of fused-ring (bicyclic) bond motifs is 1. The average Bonchev–Trinajstić information content (AvgIpc) is 2.92. The van der Waals surface area contributed by atoms with Crippen molar-refractivity contribution in [2.75, 3.05) is 6.61 Å². The molecule has 1 aromatic heterocycles. The van der Waals surface area contributed by atoms with Crippen LogP contribution in [0.25, 0.3) is 0 Å². The molecule has 0 saturated carbocycles. The van der Waals surface area contributed by atoms with E-state index < -0.39 is 34.6 Å². The van der Waals surface area contributed by atoms with Crippen molar-refractivity contribution in [2.24, 2.45) is 0 Å². The molecule has 0 aliphatic carbocycles. The third-order valence-corrected chi connectivity index (χ3v) is 5.07. The summed E-state index contributed by atoms with van der Waals surface area (Å²) in [4.78, 5) is 26.6. The molecule has 0 saturated heterocycles. The highest BCUT2D eigenvalue weighted by Gasteiger charge is 2.29. The number of pyridine rings is 1. The van der Waals surface area contributed by atoms with Gasteiger partial charge in [-0.3, -0.25) is 14.9 Å². The van der Waals surface area contributed by atoms with Gasteiger partial charge in [-0.1, -0.05) is 0 Å². The number of carbonyl (C=O) groups is 2. The van der Waals surface area contributed by atoms with Crippen LogP contribution in [0.3, 0.4) is 0 Å². The highest BCUT2D eigenvalue weighted by molar-refractivity contribution is 7.89. The van der Waals surface area contributed by atoms with E-state index >= 15 is 0 Å². The summed E-state index contributed by atoms with van der Waals surface area (Å²) in [7, 11) is -4.05. The van der Waals surface area contributed by atoms with Crippen molar-refractivity contribution in [1.82, 2.24) is 15.0 Å². The average molecular weight is 415 g/mol. The Labute approximate surface area is 156 Å². The number of amides is 2. The highest BCUT2D eigenvalue weighted by atomic mass is 32.2. The lowest BCUT2D eigenvalue weighted by Gasteiger charge is -2.10. The molecule has 1 aliphatic rings. The minimum Gasteiger partial charge on any atom is -0.468 e. The summed E-state index contributed by atoms with van der Waals surface area (Å²) in [6, 6.07) is 6.03. The standard InChI is InChI=1S/C16H12F3N3O5S/c17-16(18,19)8-27-13-5-9(3-4-20-13)7-21-28(25,26)10-1-2-11-12(6-10)15(24)22-14(11)23/h1-6,21H,7-8H2,(H,22,23,24). The van der Waals surface area contributed by atoms with Gasteiger partial charge in [-0.25, -0.2) is 18.1 Å². The first-order chi connectivity index (χ1) is 13.0. The normalized spacial score (nSPS) is 14.0. The summed E-state index contributed by atoms with van der Waals surface area (Å²) < 4.78 is 68.2. The second kappa shape index (κ2) is 7.20. The molecule has 8 nitrogen and oxygen atoms in total. The number of imide groups is 1. The van der Waals surface area contributed by atoms with Crippen LogP contribution in [0.1, 0.15) is 26.3 Å². The van der Waals surface area contributed by atoms with Gasteiger partial charge in [0.15, 0.2) is 6.61 Å². The minimum atomic E-state index is -4.53. The second-order valence-corrected chi connectivity index (χ2v) is 7.49. The number of sulfonamides is 1. The van der Waals surface area contributed by atoms with Gasteiger partial charge < -0.3 is 4.74 Å². The minimum absolute atomic E-state index is 0.0559. The van der Waals surface area contributed by atoms with Crippen molar-refractivity contribution >= 4 is 21.8 Å². The lowest BCUT2D eigenvalue weighted by Crippen LogP contribution is -2.24. The van der Waals surface area contributed by atoms with Crippen molar-refractivity contribution < 1.29 is 35.9 Å². The molecule has 28 heavy (non-hydrogen) atoms. The fourth-order valence-electron chi connectivity index (χ4n) is 2.37. The van der Waals surface area contributed by atoms with Gasteiger partial charge in [0, 0.05) is 18.8 Å². The van der Waals surface area contributed by atoms with Crippen molar-refractivity contribution in [3.05, 3.63) is 53.2 Å². The Morgan fingerprint density at radius 2 is 1.79 bits per heavy atom. The van der Waals surface area contributed by atoms with Crippen molar-refractivity contribution in [1.29, 1.82) is 0 Å². The van der Waals surface area contributed by atoms with Gasteiger partial charge in [-0.2, -0.15) is 13.2 Å². The van der Waals surface area contributed by atoms with Crippen molar-refractivity contribution in [2.45, 2.75) is 17.6 Å². The third-order valence-electron chi connectivity index (χ3n) is 3.67. The first-order valence-corrected chi connectivity index (χ1v) is 9.17. The molecular formula is C16H12F3N3O5S. The van der Waals surface area contributed by atoms with Gasteiger partial charge in [0.25, 0.3) is 11.8 Å². The predicted octanol–water partition coefficient (Wildman–Crippen LogP) is 1.38. The molecule has 148 valence electrons. The van der Waals surface area contributed by atoms with E-state index in [1.54, 1.807) is 0 Å². The zero-order chi connectivity index (χ0) is 20.5. The maximum absolute atomic E-state index is 12.4. The lowest BCUT2D eigenvalue weighted by molar-refractivity contribution is -0.154. The van der Waals surface area contributed by atoms with Crippen LogP contribution >= 0.6 is 0 Å². The number of carbonyl (C=O) groups excluding carboxylic acids is 2. The van der Waals surface area contributed by atoms with E-state index in [1.165, 1.54) is 30.5 Å². The Morgan fingerprint density at radius 3 is 2.50 bits per heavy atom. The molecule has 0 atom stereocenters. The van der Waals surface area contributed by atoms with Crippen LogP contribution in [0.2, 0.25) is 0 Å². The Bertz CT molecular complexity index is 1050. The molecular weight excluding hydrogens is 403 g/mol. The van der Waals surface area contributed by atoms with Crippen LogP contribution in [-0.4, -0.2) is 38.0 Å². The van der Waals surface area contributed by atoms with E-state index in [-0.39, 0.29) is 28.4 Å². The zero-order valence-corrected chi connectivity index (χ0v) is 14.7. The molecule has 3 rings (SSSR count). The molecule has 12 heteroatoms. The molecule has 0 radical (unpaired) electrons. The molecule has 1 aromatic carbocycles. The van der Waals surface area contributed by atoms with E-state index in [0.29, 0.717) is 5.56 Å². The van der Waals surface area contributed by atoms with Gasteiger partial charge in [-0.05, 0) is 29.8 Å². The number of ether oxygens (including phenoxy) is 1. The van der Waals surface area contributed by atoms with Gasteiger partial charge in [0.05, 0.1) is 16.0 Å². The molecule has 2 heterocycles. The van der Waals surface area contributed by atoms with Gasteiger partial charge in [-0.15, -0.1) is 0 Å². The van der Waals surface area contributed by atoms with Gasteiger partial charge in [0.2, 0.25) is 15.9 Å². The zero-order valence-electron chi connectivity index (χ0n) is 13.9. The third kappa shape index (κ3) is 4.46. The second-order valence-electron chi connectivity index (χ2n) is 5.72. The summed E-state index contributed by atoms with van der Waals surface area (Å²) in [5.41, 5.74) is 0.328. The summed E-state index contributed by atoms with van der Waals surface area (Å²) in [5.74, 6) is -1.61. The first-order valence-electron chi connectivity index (χ1n) is 7.69. The monoisotopic (exact) mass is 415 g/mol. The van der Waals surface area contributed by atoms with Crippen LogP contribution in [0, 0.1) is 0 Å². The molecule has 0 bridgehead atoms.